The number of nitriles is 1. The van der Waals surface area contributed by atoms with E-state index in [2.05, 4.69) is 16.4 Å². The number of benzene rings is 2. The first-order chi connectivity index (χ1) is 18.7. The lowest BCUT2D eigenvalue weighted by Gasteiger charge is -2.20. The molecule has 0 saturated heterocycles. The van der Waals surface area contributed by atoms with Crippen molar-refractivity contribution in [3.63, 3.8) is 0 Å². The second kappa shape index (κ2) is 15.6. The number of hydrogen-bond acceptors (Lipinski definition) is 7. The molecule has 3 rings (SSSR count). The van der Waals surface area contributed by atoms with E-state index in [1.165, 1.54) is 37.6 Å². The summed E-state index contributed by atoms with van der Waals surface area (Å²) in [5.74, 6) is -1.60. The zero-order valence-corrected chi connectivity index (χ0v) is 24.5. The molecule has 218 valence electrons. The number of nitrogens with one attached hydrogen (secondary N) is 1. The number of aliphatic hydroxyl groups is 2. The van der Waals surface area contributed by atoms with Crippen LogP contribution in [0, 0.1) is 11.3 Å². The van der Waals surface area contributed by atoms with Gasteiger partial charge in [-0.3, -0.25) is 4.79 Å². The molecule has 0 aromatic heterocycles. The molecule has 0 atom stereocenters. The Hall–Kier alpha value is -3.94. The van der Waals surface area contributed by atoms with E-state index in [9.17, 15) is 20.0 Å². The zero-order valence-electron chi connectivity index (χ0n) is 24.5. The number of ether oxygens (including phenoxy) is 2. The average Bonchev–Trinajstić information content (AvgIpc) is 3.36. The molecule has 0 bridgehead atoms. The van der Waals surface area contributed by atoms with Gasteiger partial charge in [0, 0.05) is 31.5 Å². The molecule has 40 heavy (non-hydrogen) atoms. The summed E-state index contributed by atoms with van der Waals surface area (Å²) < 4.78 is 10.2. The average molecular weight is 555 g/mol. The minimum absolute atomic E-state index is 0.0702. The van der Waals surface area contributed by atoms with Crippen molar-refractivity contribution in [2.75, 3.05) is 13.2 Å². The van der Waals surface area contributed by atoms with E-state index in [-0.39, 0.29) is 35.9 Å². The highest BCUT2D eigenvalue weighted by atomic mass is 16.6. The Bertz CT molecular complexity index is 1220. The van der Waals surface area contributed by atoms with Gasteiger partial charge in [-0.25, -0.2) is 4.79 Å². The largest absolute Gasteiger partial charge is 0.462 e. The lowest BCUT2D eigenvalue weighted by molar-refractivity contribution is -0.104. The van der Waals surface area contributed by atoms with Crippen LogP contribution in [-0.2, 0) is 17.6 Å². The van der Waals surface area contributed by atoms with Gasteiger partial charge in [0.15, 0.2) is 0 Å². The monoisotopic (exact) mass is 554 g/mol. The normalized spacial score (nSPS) is 12.4. The van der Waals surface area contributed by atoms with E-state index in [1.54, 1.807) is 20.8 Å². The van der Waals surface area contributed by atoms with Crippen LogP contribution in [0.5, 0.6) is 5.75 Å². The second-order valence-electron chi connectivity index (χ2n) is 10.1. The highest BCUT2D eigenvalue weighted by molar-refractivity contribution is 6.09. The third-order valence-electron chi connectivity index (χ3n) is 5.13. The van der Waals surface area contributed by atoms with Crippen LogP contribution in [0.1, 0.15) is 87.5 Å². The van der Waals surface area contributed by atoms with Gasteiger partial charge in [0.1, 0.15) is 23.3 Å². The molecule has 1 aliphatic carbocycles. The molecule has 2 aromatic rings. The molecule has 5 N–H and O–H groups in total. The van der Waals surface area contributed by atoms with Crippen LogP contribution < -0.4 is 15.8 Å². The number of carbonyl (C=O) groups is 2. The molecule has 1 aliphatic rings. The Kier molecular flexibility index (Phi) is 13.3. The number of carbonyl (C=O) groups excluding carboxylic acids is 2. The standard InChI is InChI=1S/C21H21N3O3.C7H15NO3.C2H6/c1-21(2,26)27-18-10-9-14(11-15(18)12-22)20(25)24-19(23)17-8-4-6-13-5-3-7-16(13)17;1-7(2,3)11-6(10)8-4-5-9;1-2/h4,6,8-11,26H,3,5,7H2,1-2H3,(H2,23,24,25);9H,4-5H2,1-3H3,(H,8,10);1-2H3. The first kappa shape index (κ1) is 34.1. The predicted molar refractivity (Wildman–Crippen MR) is 154 cm³/mol. The molecule has 0 aliphatic heterocycles. The molecule has 0 fully saturated rings. The van der Waals surface area contributed by atoms with Crippen molar-refractivity contribution in [1.82, 2.24) is 5.32 Å². The van der Waals surface area contributed by atoms with Gasteiger partial charge in [-0.15, -0.1) is 0 Å². The van der Waals surface area contributed by atoms with Crippen molar-refractivity contribution >= 4 is 17.8 Å². The van der Waals surface area contributed by atoms with Gasteiger partial charge < -0.3 is 30.7 Å². The van der Waals surface area contributed by atoms with Gasteiger partial charge in [-0.1, -0.05) is 32.0 Å². The summed E-state index contributed by atoms with van der Waals surface area (Å²) in [6, 6.07) is 12.2. The molecule has 0 saturated carbocycles. The van der Waals surface area contributed by atoms with Gasteiger partial charge in [0.05, 0.1) is 12.2 Å². The second-order valence-corrected chi connectivity index (χ2v) is 10.1. The van der Waals surface area contributed by atoms with Crippen molar-refractivity contribution in [2.24, 2.45) is 10.7 Å². The first-order valence-electron chi connectivity index (χ1n) is 13.3. The minimum Gasteiger partial charge on any atom is -0.462 e. The molecule has 0 spiro atoms. The van der Waals surface area contributed by atoms with Crippen molar-refractivity contribution in [1.29, 1.82) is 5.26 Å². The summed E-state index contributed by atoms with van der Waals surface area (Å²) in [6.45, 7) is 12.4. The summed E-state index contributed by atoms with van der Waals surface area (Å²) in [7, 11) is 0. The number of alkyl carbamates (subject to hydrolysis) is 1. The van der Waals surface area contributed by atoms with E-state index in [1.807, 2.05) is 32.0 Å². The number of nitrogens with zero attached hydrogens (tertiary/aromatic N) is 2. The van der Waals surface area contributed by atoms with E-state index in [0.29, 0.717) is 0 Å². The lowest BCUT2D eigenvalue weighted by atomic mass is 10.0. The summed E-state index contributed by atoms with van der Waals surface area (Å²) in [5, 5.41) is 29.8. The maximum absolute atomic E-state index is 12.5. The van der Waals surface area contributed by atoms with E-state index in [4.69, 9.17) is 20.3 Å². The number of hydrogen-bond donors (Lipinski definition) is 4. The van der Waals surface area contributed by atoms with Crippen LogP contribution in [0.25, 0.3) is 0 Å². The third kappa shape index (κ3) is 11.4. The maximum atomic E-state index is 12.5. The van der Waals surface area contributed by atoms with Crippen LogP contribution in [0.3, 0.4) is 0 Å². The third-order valence-corrected chi connectivity index (χ3v) is 5.13. The van der Waals surface area contributed by atoms with Gasteiger partial charge in [0.25, 0.3) is 5.91 Å². The number of nitrogens with two attached hydrogens (primary N) is 1. The Labute approximate surface area is 236 Å². The predicted octanol–water partition coefficient (Wildman–Crippen LogP) is 4.23. The number of rotatable bonds is 6. The topological polar surface area (TPSA) is 167 Å². The maximum Gasteiger partial charge on any atom is 0.407 e. The highest BCUT2D eigenvalue weighted by Crippen LogP contribution is 2.26. The van der Waals surface area contributed by atoms with Gasteiger partial charge in [-0.05, 0) is 69.4 Å². The number of amidine groups is 1. The van der Waals surface area contributed by atoms with Gasteiger partial charge in [-0.2, -0.15) is 10.3 Å². The summed E-state index contributed by atoms with van der Waals surface area (Å²) >= 11 is 0. The number of aryl methyl sites for hydroxylation is 1. The fraction of sp³-hybridized carbons (Fsp3) is 0.467. The van der Waals surface area contributed by atoms with E-state index < -0.39 is 23.4 Å². The molecule has 0 heterocycles. The molecule has 2 amide bonds. The Morgan fingerprint density at radius 1 is 1.12 bits per heavy atom. The van der Waals surface area contributed by atoms with E-state index in [0.717, 1.165) is 30.4 Å². The number of fused-ring (bicyclic) bond motifs is 1. The van der Waals surface area contributed by atoms with Crippen LogP contribution in [0.4, 0.5) is 4.79 Å². The molecular formula is C30H42N4O6. The summed E-state index contributed by atoms with van der Waals surface area (Å²) in [4.78, 5) is 27.3. The van der Waals surface area contributed by atoms with Gasteiger partial charge in [0.2, 0.25) is 5.79 Å². The molecule has 10 nitrogen and oxygen atoms in total. The van der Waals surface area contributed by atoms with Crippen LogP contribution >= 0.6 is 0 Å². The van der Waals surface area contributed by atoms with Crippen LogP contribution in [0.15, 0.2) is 41.4 Å². The Balaban J connectivity index is 0.000000520. The molecule has 0 radical (unpaired) electrons. The molecule has 0 unspecified atom stereocenters. The first-order valence-corrected chi connectivity index (χ1v) is 13.3. The molecule has 2 aromatic carbocycles. The van der Waals surface area contributed by atoms with Crippen molar-refractivity contribution in [3.8, 4) is 11.8 Å². The lowest BCUT2D eigenvalue weighted by Crippen LogP contribution is -2.33. The summed E-state index contributed by atoms with van der Waals surface area (Å²) in [6.07, 6.45) is 2.52. The van der Waals surface area contributed by atoms with Crippen molar-refractivity contribution < 1.29 is 29.3 Å². The van der Waals surface area contributed by atoms with Crippen LogP contribution in [0.2, 0.25) is 0 Å². The fourth-order valence-electron chi connectivity index (χ4n) is 3.67. The minimum atomic E-state index is -1.44. The summed E-state index contributed by atoms with van der Waals surface area (Å²) in [5.41, 5.74) is 9.18. The molecule has 10 heteroatoms. The fourth-order valence-corrected chi connectivity index (χ4v) is 3.67. The number of aliphatic hydroxyl groups excluding tert-OH is 1. The number of amides is 2. The quantitative estimate of drug-likeness (QED) is 0.234. The van der Waals surface area contributed by atoms with E-state index >= 15 is 0 Å². The van der Waals surface area contributed by atoms with Gasteiger partial charge >= 0.3 is 6.09 Å². The van der Waals surface area contributed by atoms with Crippen molar-refractivity contribution in [3.05, 3.63) is 64.2 Å². The smallest absolute Gasteiger partial charge is 0.407 e. The SMILES string of the molecule is CC.CC(C)(C)OC(=O)NCCO.CC(C)(O)Oc1ccc(C(=O)N=C(N)c2cccc3c2CCC3)cc1C#N. The Morgan fingerprint density at radius 3 is 2.38 bits per heavy atom. The van der Waals surface area contributed by atoms with Crippen LogP contribution in [-0.4, -0.2) is 52.6 Å². The Morgan fingerprint density at radius 2 is 1.80 bits per heavy atom. The molecular weight excluding hydrogens is 512 g/mol. The van der Waals surface area contributed by atoms with Crippen molar-refractivity contribution in [2.45, 2.75) is 79.1 Å². The number of aliphatic imine (C=N–C) groups is 1. The highest BCUT2D eigenvalue weighted by Gasteiger charge is 2.20. The zero-order chi connectivity index (χ0) is 30.5.